The fraction of sp³-hybridized carbons (Fsp3) is 0.100. The smallest absolute Gasteiger partial charge is 0.270 e. The van der Waals surface area contributed by atoms with Crippen LogP contribution in [0.3, 0.4) is 0 Å². The molecule has 1 aliphatic heterocycles. The van der Waals surface area contributed by atoms with Crippen molar-refractivity contribution in [2.75, 3.05) is 11.9 Å². The molecule has 1 unspecified atom stereocenters. The van der Waals surface area contributed by atoms with E-state index in [9.17, 15) is 4.79 Å². The maximum absolute atomic E-state index is 12.6. The molecular weight excluding hydrogens is 348 g/mol. The number of amides is 1. The van der Waals surface area contributed by atoms with Crippen LogP contribution in [0.15, 0.2) is 60.7 Å². The highest BCUT2D eigenvalue weighted by atomic mass is 32.1. The molecule has 6 heteroatoms. The Bertz CT molecular complexity index is 1140. The minimum Gasteiger partial charge on any atom is -0.485 e. The van der Waals surface area contributed by atoms with Crippen molar-refractivity contribution in [1.29, 1.82) is 0 Å². The van der Waals surface area contributed by atoms with Gasteiger partial charge in [0.1, 0.15) is 6.61 Å². The topological polar surface area (TPSA) is 60.5 Å². The van der Waals surface area contributed by atoms with Crippen LogP contribution in [0.5, 0.6) is 11.5 Å². The van der Waals surface area contributed by atoms with Gasteiger partial charge in [-0.2, -0.15) is 0 Å². The van der Waals surface area contributed by atoms with Gasteiger partial charge in [0.05, 0.1) is 10.2 Å². The van der Waals surface area contributed by atoms with E-state index in [1.54, 1.807) is 6.07 Å². The van der Waals surface area contributed by atoms with Gasteiger partial charge in [-0.05, 0) is 23.6 Å². The van der Waals surface area contributed by atoms with E-state index in [4.69, 9.17) is 9.47 Å². The second kappa shape index (κ2) is 6.00. The molecule has 0 saturated carbocycles. The van der Waals surface area contributed by atoms with E-state index >= 15 is 0 Å². The molecule has 0 radical (unpaired) electrons. The number of ether oxygens (including phenoxy) is 2. The van der Waals surface area contributed by atoms with Gasteiger partial charge in [0.2, 0.25) is 6.10 Å². The molecule has 3 aromatic carbocycles. The van der Waals surface area contributed by atoms with Gasteiger partial charge in [-0.1, -0.05) is 53.8 Å². The molecule has 0 spiro atoms. The monoisotopic (exact) mass is 362 g/mol. The molecule has 4 aromatic rings. The number of thiazole rings is 1. The molecule has 1 aromatic heterocycles. The van der Waals surface area contributed by atoms with Crippen LogP contribution >= 0.6 is 11.3 Å². The number of nitrogens with zero attached hydrogens (tertiary/aromatic N) is 1. The van der Waals surface area contributed by atoms with E-state index in [2.05, 4.69) is 22.4 Å². The van der Waals surface area contributed by atoms with Gasteiger partial charge in [0, 0.05) is 5.39 Å². The Labute approximate surface area is 153 Å². The normalized spacial score (nSPS) is 15.9. The third-order valence-corrected chi connectivity index (χ3v) is 5.25. The Kier molecular flexibility index (Phi) is 3.50. The van der Waals surface area contributed by atoms with Crippen molar-refractivity contribution in [2.24, 2.45) is 0 Å². The second-order valence-corrected chi connectivity index (χ2v) is 7.04. The summed E-state index contributed by atoms with van der Waals surface area (Å²) in [4.78, 5) is 17.2. The number of carbonyl (C=O) groups is 1. The third kappa shape index (κ3) is 2.55. The average molecular weight is 362 g/mol. The van der Waals surface area contributed by atoms with Gasteiger partial charge in [-0.25, -0.2) is 4.98 Å². The first-order valence-corrected chi connectivity index (χ1v) is 9.07. The zero-order chi connectivity index (χ0) is 17.5. The predicted octanol–water partition coefficient (Wildman–Crippen LogP) is 4.23. The molecule has 128 valence electrons. The van der Waals surface area contributed by atoms with Crippen LogP contribution in [0.2, 0.25) is 0 Å². The van der Waals surface area contributed by atoms with Gasteiger partial charge in [-0.3, -0.25) is 10.1 Å². The van der Waals surface area contributed by atoms with Crippen LogP contribution in [0.25, 0.3) is 21.0 Å². The molecule has 0 aliphatic carbocycles. The Morgan fingerprint density at radius 1 is 1.04 bits per heavy atom. The van der Waals surface area contributed by atoms with E-state index in [1.165, 1.54) is 11.3 Å². The summed E-state index contributed by atoms with van der Waals surface area (Å²) in [5.74, 6) is 0.972. The van der Waals surface area contributed by atoms with Gasteiger partial charge < -0.3 is 9.47 Å². The standard InChI is InChI=1S/C20H14N2O3S/c23-19(16-11-24-14-7-3-4-8-15(14)25-16)22-20-21-18-13-6-2-1-5-12(13)9-10-17(18)26-20/h1-10,16H,11H2,(H,21,22,23). The first-order chi connectivity index (χ1) is 12.8. The highest BCUT2D eigenvalue weighted by Crippen LogP contribution is 2.33. The second-order valence-electron chi connectivity index (χ2n) is 6.01. The van der Waals surface area contributed by atoms with E-state index in [0.29, 0.717) is 16.6 Å². The highest BCUT2D eigenvalue weighted by Gasteiger charge is 2.28. The molecule has 1 aliphatic rings. The van der Waals surface area contributed by atoms with Gasteiger partial charge in [0.15, 0.2) is 16.6 Å². The van der Waals surface area contributed by atoms with Crippen molar-refractivity contribution in [3.63, 3.8) is 0 Å². The van der Waals surface area contributed by atoms with Crippen molar-refractivity contribution in [2.45, 2.75) is 6.10 Å². The number of hydrogen-bond donors (Lipinski definition) is 1. The molecule has 1 N–H and O–H groups in total. The molecule has 1 amide bonds. The fourth-order valence-corrected chi connectivity index (χ4v) is 3.93. The Morgan fingerprint density at radius 3 is 2.77 bits per heavy atom. The minimum absolute atomic E-state index is 0.177. The van der Waals surface area contributed by atoms with Gasteiger partial charge in [0.25, 0.3) is 5.91 Å². The molecule has 0 bridgehead atoms. The average Bonchev–Trinajstić information content (AvgIpc) is 3.10. The molecule has 1 atom stereocenters. The zero-order valence-electron chi connectivity index (χ0n) is 13.6. The maximum atomic E-state index is 12.6. The predicted molar refractivity (Wildman–Crippen MR) is 102 cm³/mol. The highest BCUT2D eigenvalue weighted by molar-refractivity contribution is 7.22. The zero-order valence-corrected chi connectivity index (χ0v) is 14.5. The summed E-state index contributed by atoms with van der Waals surface area (Å²) >= 11 is 1.45. The summed E-state index contributed by atoms with van der Waals surface area (Å²) in [7, 11) is 0. The van der Waals surface area contributed by atoms with Crippen LogP contribution in [-0.2, 0) is 4.79 Å². The quantitative estimate of drug-likeness (QED) is 0.580. The number of hydrogen-bond acceptors (Lipinski definition) is 5. The number of carbonyl (C=O) groups excluding carboxylic acids is 1. The van der Waals surface area contributed by atoms with E-state index in [1.807, 2.05) is 42.5 Å². The number of fused-ring (bicyclic) bond motifs is 4. The summed E-state index contributed by atoms with van der Waals surface area (Å²) in [6, 6.07) is 19.5. The molecule has 0 saturated heterocycles. The van der Waals surface area contributed by atoms with Crippen molar-refractivity contribution in [3.05, 3.63) is 60.7 Å². The van der Waals surface area contributed by atoms with Crippen molar-refractivity contribution in [3.8, 4) is 11.5 Å². The summed E-state index contributed by atoms with van der Waals surface area (Å²) in [6.45, 7) is 0.177. The van der Waals surface area contributed by atoms with E-state index in [0.717, 1.165) is 21.0 Å². The van der Waals surface area contributed by atoms with E-state index < -0.39 is 6.10 Å². The molecule has 5 rings (SSSR count). The summed E-state index contributed by atoms with van der Waals surface area (Å²) in [5.41, 5.74) is 0.898. The van der Waals surface area contributed by atoms with Gasteiger partial charge in [-0.15, -0.1) is 0 Å². The number of benzene rings is 3. The first kappa shape index (κ1) is 15.2. The first-order valence-electron chi connectivity index (χ1n) is 8.25. The number of para-hydroxylation sites is 2. The molecule has 0 fully saturated rings. The van der Waals surface area contributed by atoms with Crippen LogP contribution < -0.4 is 14.8 Å². The SMILES string of the molecule is O=C(Nc1nc2c(ccc3ccccc32)s1)C1COc2ccccc2O1. The van der Waals surface area contributed by atoms with Crippen LogP contribution in [0.4, 0.5) is 5.13 Å². The van der Waals surface area contributed by atoms with Crippen LogP contribution in [0.1, 0.15) is 0 Å². The van der Waals surface area contributed by atoms with Crippen LogP contribution in [-0.4, -0.2) is 23.6 Å². The summed E-state index contributed by atoms with van der Waals surface area (Å²) < 4.78 is 12.4. The maximum Gasteiger partial charge on any atom is 0.270 e. The Hall–Kier alpha value is -3.12. The Morgan fingerprint density at radius 2 is 1.85 bits per heavy atom. The molecule has 26 heavy (non-hydrogen) atoms. The minimum atomic E-state index is -0.700. The van der Waals surface area contributed by atoms with E-state index in [-0.39, 0.29) is 12.5 Å². The molecule has 5 nitrogen and oxygen atoms in total. The summed E-state index contributed by atoms with van der Waals surface area (Å²) in [6.07, 6.45) is -0.700. The lowest BCUT2D eigenvalue weighted by Crippen LogP contribution is -2.40. The van der Waals surface area contributed by atoms with Crippen molar-refractivity contribution < 1.29 is 14.3 Å². The fourth-order valence-electron chi connectivity index (χ4n) is 3.05. The lowest BCUT2D eigenvalue weighted by atomic mass is 10.1. The van der Waals surface area contributed by atoms with Crippen molar-refractivity contribution in [1.82, 2.24) is 4.98 Å². The molecular formula is C20H14N2O3S. The number of aromatic nitrogens is 1. The third-order valence-electron chi connectivity index (χ3n) is 4.31. The lowest BCUT2D eigenvalue weighted by Gasteiger charge is -2.25. The summed E-state index contributed by atoms with van der Waals surface area (Å²) in [5, 5.41) is 5.62. The van der Waals surface area contributed by atoms with Crippen LogP contribution in [0, 0.1) is 0 Å². The van der Waals surface area contributed by atoms with Gasteiger partial charge >= 0.3 is 0 Å². The Balaban J connectivity index is 1.41. The lowest BCUT2D eigenvalue weighted by molar-refractivity contribution is -0.125. The largest absolute Gasteiger partial charge is 0.485 e. The number of rotatable bonds is 2. The number of anilines is 1. The number of nitrogens with one attached hydrogen (secondary N) is 1. The van der Waals surface area contributed by atoms with Crippen molar-refractivity contribution >= 4 is 43.4 Å². The molecule has 2 heterocycles.